The van der Waals surface area contributed by atoms with Gasteiger partial charge >= 0.3 is 5.97 Å². The Morgan fingerprint density at radius 1 is 0.889 bits per heavy atom. The van der Waals surface area contributed by atoms with E-state index < -0.39 is 0 Å². The Kier molecular flexibility index (Phi) is 12.1. The van der Waals surface area contributed by atoms with E-state index in [2.05, 4.69) is 13.5 Å². The molecule has 0 saturated heterocycles. The maximum atomic E-state index is 11.4. The fourth-order valence-corrected chi connectivity index (χ4v) is 1.87. The van der Waals surface area contributed by atoms with Crippen molar-refractivity contribution in [3.63, 3.8) is 0 Å². The van der Waals surface area contributed by atoms with Gasteiger partial charge in [0.25, 0.3) is 0 Å². The lowest BCUT2D eigenvalue weighted by atomic mass is 10.1. The summed E-state index contributed by atoms with van der Waals surface area (Å²) in [6.07, 6.45) is 11.9. The second-order valence-electron chi connectivity index (χ2n) is 4.96. The van der Waals surface area contributed by atoms with Gasteiger partial charge in [0.1, 0.15) is 0 Å². The lowest BCUT2D eigenvalue weighted by molar-refractivity contribution is -0.139. The molecule has 0 aliphatic carbocycles. The van der Waals surface area contributed by atoms with Crippen LogP contribution < -0.4 is 0 Å². The van der Waals surface area contributed by atoms with Gasteiger partial charge in [-0.25, -0.2) is 4.79 Å². The van der Waals surface area contributed by atoms with E-state index in [1.54, 1.807) is 0 Å². The maximum absolute atomic E-state index is 11.4. The van der Waals surface area contributed by atoms with E-state index in [9.17, 15) is 4.79 Å². The molecule has 2 nitrogen and oxygen atoms in total. The Balaban J connectivity index is 3.32. The number of rotatable bonds is 12. The largest absolute Gasteiger partial charge is 0.462 e. The molecule has 0 fully saturated rings. The van der Waals surface area contributed by atoms with Gasteiger partial charge in [-0.05, 0) is 19.3 Å². The van der Waals surface area contributed by atoms with Crippen molar-refractivity contribution in [2.45, 2.75) is 78.1 Å². The smallest absolute Gasteiger partial charge is 0.333 e. The molecule has 0 atom stereocenters. The Morgan fingerprint density at radius 3 is 2.00 bits per heavy atom. The van der Waals surface area contributed by atoms with Gasteiger partial charge in [0, 0.05) is 5.57 Å². The number of unbranched alkanes of at least 4 members (excludes halogenated alkanes) is 7. The molecule has 0 spiro atoms. The van der Waals surface area contributed by atoms with Gasteiger partial charge in [-0.3, -0.25) is 0 Å². The topological polar surface area (TPSA) is 26.3 Å². The standard InChI is InChI=1S/C16H30O2/c1-4-6-7-8-9-10-11-12-13-15(3)16(17)18-14-5-2/h3-14H2,1-2H3. The average molecular weight is 254 g/mol. The molecule has 0 amide bonds. The predicted octanol–water partition coefficient (Wildman–Crippen LogP) is 5.03. The molecule has 0 saturated carbocycles. The molecule has 0 aliphatic rings. The highest BCUT2D eigenvalue weighted by molar-refractivity contribution is 5.87. The van der Waals surface area contributed by atoms with E-state index in [1.807, 2.05) is 6.92 Å². The van der Waals surface area contributed by atoms with Crippen LogP contribution in [-0.2, 0) is 9.53 Å². The Hall–Kier alpha value is -0.790. The van der Waals surface area contributed by atoms with Crippen LogP contribution in [-0.4, -0.2) is 12.6 Å². The Bertz CT molecular complexity index is 221. The van der Waals surface area contributed by atoms with Gasteiger partial charge in [0.2, 0.25) is 0 Å². The summed E-state index contributed by atoms with van der Waals surface area (Å²) >= 11 is 0. The summed E-state index contributed by atoms with van der Waals surface area (Å²) in [4.78, 5) is 11.4. The van der Waals surface area contributed by atoms with Crippen LogP contribution in [0.25, 0.3) is 0 Å². The minimum absolute atomic E-state index is 0.209. The van der Waals surface area contributed by atoms with E-state index in [0.717, 1.165) is 19.3 Å². The number of carbonyl (C=O) groups is 1. The van der Waals surface area contributed by atoms with Gasteiger partial charge in [-0.1, -0.05) is 65.4 Å². The third kappa shape index (κ3) is 10.4. The molecule has 0 unspecified atom stereocenters. The van der Waals surface area contributed by atoms with Crippen LogP contribution in [0.3, 0.4) is 0 Å². The van der Waals surface area contributed by atoms with Gasteiger partial charge in [-0.2, -0.15) is 0 Å². The summed E-state index contributed by atoms with van der Waals surface area (Å²) in [6, 6.07) is 0. The molecule has 18 heavy (non-hydrogen) atoms. The Labute approximate surface area is 113 Å². The zero-order chi connectivity index (χ0) is 13.6. The minimum atomic E-state index is -0.209. The van der Waals surface area contributed by atoms with Crippen molar-refractivity contribution in [1.29, 1.82) is 0 Å². The molecule has 0 rings (SSSR count). The van der Waals surface area contributed by atoms with E-state index in [-0.39, 0.29) is 5.97 Å². The normalized spacial score (nSPS) is 10.3. The highest BCUT2D eigenvalue weighted by Crippen LogP contribution is 2.12. The number of hydrogen-bond donors (Lipinski definition) is 0. The fourth-order valence-electron chi connectivity index (χ4n) is 1.87. The molecule has 2 heteroatoms. The zero-order valence-corrected chi connectivity index (χ0v) is 12.3. The third-order valence-corrected chi connectivity index (χ3v) is 3.06. The first-order valence-corrected chi connectivity index (χ1v) is 7.57. The molecule has 0 aromatic carbocycles. The van der Waals surface area contributed by atoms with Crippen LogP contribution in [0.1, 0.15) is 78.1 Å². The van der Waals surface area contributed by atoms with E-state index in [4.69, 9.17) is 4.74 Å². The molecular weight excluding hydrogens is 224 g/mol. The van der Waals surface area contributed by atoms with Crippen LogP contribution in [0.4, 0.5) is 0 Å². The molecule has 0 aromatic rings. The monoisotopic (exact) mass is 254 g/mol. The summed E-state index contributed by atoms with van der Waals surface area (Å²) in [5, 5.41) is 0. The van der Waals surface area contributed by atoms with Gasteiger partial charge in [-0.15, -0.1) is 0 Å². The van der Waals surface area contributed by atoms with Gasteiger partial charge < -0.3 is 4.74 Å². The van der Waals surface area contributed by atoms with Crippen molar-refractivity contribution in [3.05, 3.63) is 12.2 Å². The fraction of sp³-hybridized carbons (Fsp3) is 0.812. The lowest BCUT2D eigenvalue weighted by Gasteiger charge is -2.06. The molecule has 0 aromatic heterocycles. The van der Waals surface area contributed by atoms with Crippen molar-refractivity contribution in [2.75, 3.05) is 6.61 Å². The molecule has 0 heterocycles. The first-order chi connectivity index (χ1) is 8.72. The Morgan fingerprint density at radius 2 is 1.44 bits per heavy atom. The predicted molar refractivity (Wildman–Crippen MR) is 77.6 cm³/mol. The molecule has 106 valence electrons. The third-order valence-electron chi connectivity index (χ3n) is 3.06. The number of esters is 1. The first-order valence-electron chi connectivity index (χ1n) is 7.57. The maximum Gasteiger partial charge on any atom is 0.333 e. The highest BCUT2D eigenvalue weighted by Gasteiger charge is 2.07. The molecule has 0 bridgehead atoms. The molecule has 0 aliphatic heterocycles. The average Bonchev–Trinajstić information content (AvgIpc) is 2.38. The quantitative estimate of drug-likeness (QED) is 0.277. The summed E-state index contributed by atoms with van der Waals surface area (Å²) < 4.78 is 5.04. The molecule has 0 radical (unpaired) electrons. The van der Waals surface area contributed by atoms with Gasteiger partial charge in [0.05, 0.1) is 6.61 Å². The molecule has 0 N–H and O–H groups in total. The van der Waals surface area contributed by atoms with Crippen LogP contribution in [0.5, 0.6) is 0 Å². The van der Waals surface area contributed by atoms with Crippen molar-refractivity contribution in [1.82, 2.24) is 0 Å². The van der Waals surface area contributed by atoms with Crippen LogP contribution in [0.2, 0.25) is 0 Å². The summed E-state index contributed by atoms with van der Waals surface area (Å²) in [7, 11) is 0. The second kappa shape index (κ2) is 12.7. The second-order valence-corrected chi connectivity index (χ2v) is 4.96. The van der Waals surface area contributed by atoms with Crippen molar-refractivity contribution >= 4 is 5.97 Å². The first kappa shape index (κ1) is 17.2. The number of carbonyl (C=O) groups excluding carboxylic acids is 1. The minimum Gasteiger partial charge on any atom is -0.462 e. The van der Waals surface area contributed by atoms with Gasteiger partial charge in [0.15, 0.2) is 0 Å². The molecular formula is C16H30O2. The van der Waals surface area contributed by atoms with Crippen molar-refractivity contribution in [3.8, 4) is 0 Å². The SMILES string of the molecule is C=C(CCCCCCCCCC)C(=O)OCCC. The lowest BCUT2D eigenvalue weighted by Crippen LogP contribution is -2.07. The van der Waals surface area contributed by atoms with Crippen LogP contribution in [0.15, 0.2) is 12.2 Å². The summed E-state index contributed by atoms with van der Waals surface area (Å²) in [5.74, 6) is -0.209. The number of hydrogen-bond acceptors (Lipinski definition) is 2. The van der Waals surface area contributed by atoms with Crippen LogP contribution in [0, 0.1) is 0 Å². The highest BCUT2D eigenvalue weighted by atomic mass is 16.5. The summed E-state index contributed by atoms with van der Waals surface area (Å²) in [5.41, 5.74) is 0.634. The van der Waals surface area contributed by atoms with Crippen molar-refractivity contribution in [2.24, 2.45) is 0 Å². The summed E-state index contributed by atoms with van der Waals surface area (Å²) in [6.45, 7) is 8.53. The van der Waals surface area contributed by atoms with Crippen molar-refractivity contribution < 1.29 is 9.53 Å². The van der Waals surface area contributed by atoms with E-state index in [0.29, 0.717) is 12.2 Å². The zero-order valence-electron chi connectivity index (χ0n) is 12.3. The van der Waals surface area contributed by atoms with E-state index >= 15 is 0 Å². The van der Waals surface area contributed by atoms with E-state index in [1.165, 1.54) is 44.9 Å². The number of ether oxygens (including phenoxy) is 1. The van der Waals surface area contributed by atoms with Crippen LogP contribution >= 0.6 is 0 Å².